The summed E-state index contributed by atoms with van der Waals surface area (Å²) in [5.74, 6) is 0. The fourth-order valence-electron chi connectivity index (χ4n) is 2.20. The lowest BCUT2D eigenvalue weighted by atomic mass is 10.00. The summed E-state index contributed by atoms with van der Waals surface area (Å²) in [6.07, 6.45) is 5.53. The maximum atomic E-state index is 3.54. The summed E-state index contributed by atoms with van der Waals surface area (Å²) in [6.45, 7) is 4.80. The van der Waals surface area contributed by atoms with Crippen LogP contribution in [0.3, 0.4) is 0 Å². The van der Waals surface area contributed by atoms with E-state index in [0.29, 0.717) is 6.04 Å². The molecular formula is C12H25BrN2. The molecule has 3 heteroatoms. The van der Waals surface area contributed by atoms with Gasteiger partial charge < -0.3 is 9.80 Å². The van der Waals surface area contributed by atoms with Crippen molar-refractivity contribution in [1.82, 2.24) is 9.80 Å². The molecule has 15 heavy (non-hydrogen) atoms. The molecule has 1 aliphatic rings. The lowest BCUT2D eigenvalue weighted by Gasteiger charge is -2.34. The van der Waals surface area contributed by atoms with Crippen molar-refractivity contribution in [3.63, 3.8) is 0 Å². The Morgan fingerprint density at radius 1 is 1.47 bits per heavy atom. The van der Waals surface area contributed by atoms with Gasteiger partial charge in [-0.05, 0) is 53.4 Å². The van der Waals surface area contributed by atoms with Gasteiger partial charge in [0.25, 0.3) is 0 Å². The van der Waals surface area contributed by atoms with E-state index in [9.17, 15) is 0 Å². The summed E-state index contributed by atoms with van der Waals surface area (Å²) in [5, 5.41) is 1.07. The first-order chi connectivity index (χ1) is 7.15. The second-order valence-corrected chi connectivity index (χ2v) is 5.55. The average molecular weight is 277 g/mol. The third-order valence-electron chi connectivity index (χ3n) is 3.71. The molecular weight excluding hydrogens is 252 g/mol. The zero-order valence-electron chi connectivity index (χ0n) is 10.4. The summed E-state index contributed by atoms with van der Waals surface area (Å²) in [7, 11) is 4.51. The van der Waals surface area contributed by atoms with Gasteiger partial charge >= 0.3 is 0 Å². The van der Waals surface area contributed by atoms with E-state index in [0.717, 1.165) is 11.4 Å². The largest absolute Gasteiger partial charge is 0.303 e. The van der Waals surface area contributed by atoms with Gasteiger partial charge in [-0.25, -0.2) is 0 Å². The molecule has 1 saturated heterocycles. The quantitative estimate of drug-likeness (QED) is 0.713. The van der Waals surface area contributed by atoms with Gasteiger partial charge in [0, 0.05) is 17.4 Å². The van der Waals surface area contributed by atoms with Crippen LogP contribution in [-0.2, 0) is 0 Å². The number of piperidine rings is 1. The van der Waals surface area contributed by atoms with Crippen molar-refractivity contribution >= 4 is 15.9 Å². The van der Waals surface area contributed by atoms with E-state index < -0.39 is 0 Å². The summed E-state index contributed by atoms with van der Waals surface area (Å²) in [6, 6.07) is 1.47. The van der Waals surface area contributed by atoms with E-state index >= 15 is 0 Å². The minimum atomic E-state index is 0.652. The van der Waals surface area contributed by atoms with Crippen molar-refractivity contribution in [3.05, 3.63) is 0 Å². The standard InChI is InChI=1S/C12H25BrN2/c1-11(10-13)14(2)9-7-12-6-4-5-8-15(12)3/h11-12H,4-10H2,1-3H3. The first-order valence-electron chi connectivity index (χ1n) is 6.11. The zero-order chi connectivity index (χ0) is 11.3. The van der Waals surface area contributed by atoms with Gasteiger partial charge in [0.05, 0.1) is 0 Å². The van der Waals surface area contributed by atoms with Gasteiger partial charge in [0.15, 0.2) is 0 Å². The second kappa shape index (κ2) is 6.87. The molecule has 0 saturated carbocycles. The van der Waals surface area contributed by atoms with Crippen LogP contribution in [0.5, 0.6) is 0 Å². The molecule has 1 rings (SSSR count). The number of nitrogens with zero attached hydrogens (tertiary/aromatic N) is 2. The van der Waals surface area contributed by atoms with Crippen molar-refractivity contribution in [2.45, 2.75) is 44.7 Å². The van der Waals surface area contributed by atoms with Crippen molar-refractivity contribution in [2.75, 3.05) is 32.5 Å². The Morgan fingerprint density at radius 3 is 2.80 bits per heavy atom. The number of rotatable bonds is 5. The topological polar surface area (TPSA) is 6.48 Å². The van der Waals surface area contributed by atoms with Crippen LogP contribution in [0.2, 0.25) is 0 Å². The van der Waals surface area contributed by atoms with E-state index in [1.54, 1.807) is 0 Å². The highest BCUT2D eigenvalue weighted by atomic mass is 79.9. The van der Waals surface area contributed by atoms with Crippen LogP contribution in [0, 0.1) is 0 Å². The Hall–Kier alpha value is 0.400. The van der Waals surface area contributed by atoms with E-state index in [-0.39, 0.29) is 0 Å². The molecule has 2 nitrogen and oxygen atoms in total. The third kappa shape index (κ3) is 4.41. The second-order valence-electron chi connectivity index (χ2n) is 4.90. The Morgan fingerprint density at radius 2 is 2.20 bits per heavy atom. The summed E-state index contributed by atoms with van der Waals surface area (Å²) in [5.41, 5.74) is 0. The van der Waals surface area contributed by atoms with Crippen LogP contribution in [-0.4, -0.2) is 54.4 Å². The minimum Gasteiger partial charge on any atom is -0.303 e. The summed E-state index contributed by atoms with van der Waals surface area (Å²) in [4.78, 5) is 4.99. The Balaban J connectivity index is 2.23. The van der Waals surface area contributed by atoms with Crippen LogP contribution in [0.4, 0.5) is 0 Å². The van der Waals surface area contributed by atoms with Crippen molar-refractivity contribution in [3.8, 4) is 0 Å². The molecule has 0 amide bonds. The van der Waals surface area contributed by atoms with Gasteiger partial charge in [-0.2, -0.15) is 0 Å². The van der Waals surface area contributed by atoms with Gasteiger partial charge in [-0.3, -0.25) is 0 Å². The zero-order valence-corrected chi connectivity index (χ0v) is 12.0. The molecule has 1 heterocycles. The molecule has 0 bridgehead atoms. The average Bonchev–Trinajstić information content (AvgIpc) is 2.26. The summed E-state index contributed by atoms with van der Waals surface area (Å²) >= 11 is 3.54. The van der Waals surface area contributed by atoms with E-state index in [4.69, 9.17) is 0 Å². The van der Waals surface area contributed by atoms with E-state index in [1.807, 2.05) is 0 Å². The summed E-state index contributed by atoms with van der Waals surface area (Å²) < 4.78 is 0. The number of halogens is 1. The van der Waals surface area contributed by atoms with Gasteiger partial charge in [-0.1, -0.05) is 22.4 Å². The third-order valence-corrected chi connectivity index (χ3v) is 4.65. The Bertz CT molecular complexity index is 175. The van der Waals surface area contributed by atoms with Gasteiger partial charge in [0.2, 0.25) is 0 Å². The number of hydrogen-bond donors (Lipinski definition) is 0. The van der Waals surface area contributed by atoms with Gasteiger partial charge in [-0.15, -0.1) is 0 Å². The Kier molecular flexibility index (Phi) is 6.17. The van der Waals surface area contributed by atoms with Crippen LogP contribution in [0.25, 0.3) is 0 Å². The van der Waals surface area contributed by atoms with Crippen LogP contribution < -0.4 is 0 Å². The van der Waals surface area contributed by atoms with Gasteiger partial charge in [0.1, 0.15) is 0 Å². The highest BCUT2D eigenvalue weighted by Gasteiger charge is 2.19. The molecule has 1 fully saturated rings. The van der Waals surface area contributed by atoms with Crippen LogP contribution in [0.15, 0.2) is 0 Å². The molecule has 0 aromatic rings. The van der Waals surface area contributed by atoms with E-state index in [2.05, 4.69) is 46.7 Å². The molecule has 90 valence electrons. The molecule has 0 aromatic carbocycles. The first kappa shape index (κ1) is 13.5. The molecule has 2 atom stereocenters. The number of hydrogen-bond acceptors (Lipinski definition) is 2. The predicted octanol–water partition coefficient (Wildman–Crippen LogP) is 2.58. The highest BCUT2D eigenvalue weighted by Crippen LogP contribution is 2.18. The molecule has 0 aliphatic carbocycles. The molecule has 0 aromatic heterocycles. The maximum Gasteiger partial charge on any atom is 0.0185 e. The van der Waals surface area contributed by atoms with Crippen molar-refractivity contribution in [2.24, 2.45) is 0 Å². The molecule has 0 spiro atoms. The molecule has 2 unspecified atom stereocenters. The SMILES string of the molecule is CC(CBr)N(C)CCC1CCCCN1C. The fraction of sp³-hybridized carbons (Fsp3) is 1.00. The highest BCUT2D eigenvalue weighted by molar-refractivity contribution is 9.09. The van der Waals surface area contributed by atoms with Crippen LogP contribution >= 0.6 is 15.9 Å². The van der Waals surface area contributed by atoms with Crippen molar-refractivity contribution in [1.29, 1.82) is 0 Å². The number of likely N-dealkylation sites (tertiary alicyclic amines) is 1. The lowest BCUT2D eigenvalue weighted by Crippen LogP contribution is -2.40. The van der Waals surface area contributed by atoms with Crippen LogP contribution in [0.1, 0.15) is 32.6 Å². The smallest absolute Gasteiger partial charge is 0.0185 e. The molecule has 0 radical (unpaired) electrons. The minimum absolute atomic E-state index is 0.652. The van der Waals surface area contributed by atoms with Crippen molar-refractivity contribution < 1.29 is 0 Å². The number of alkyl halides is 1. The Labute approximate surface area is 103 Å². The maximum absolute atomic E-state index is 3.54. The molecule has 1 aliphatic heterocycles. The predicted molar refractivity (Wildman–Crippen MR) is 70.8 cm³/mol. The fourth-order valence-corrected chi connectivity index (χ4v) is 2.69. The first-order valence-corrected chi connectivity index (χ1v) is 7.23. The lowest BCUT2D eigenvalue weighted by molar-refractivity contribution is 0.154. The van der Waals surface area contributed by atoms with E-state index in [1.165, 1.54) is 38.8 Å². The monoisotopic (exact) mass is 276 g/mol. The normalized spacial score (nSPS) is 25.8. The molecule has 0 N–H and O–H groups in total.